The van der Waals surface area contributed by atoms with E-state index in [0.29, 0.717) is 11.6 Å². The SMILES string of the molecule is Cn1nc(CNC(=O)c2nc3ccccc3s2)cc1-c1ccncc1. The van der Waals surface area contributed by atoms with Crippen LogP contribution in [0.4, 0.5) is 0 Å². The predicted octanol–water partition coefficient (Wildman–Crippen LogP) is 3.02. The smallest absolute Gasteiger partial charge is 0.280 e. The zero-order valence-corrected chi connectivity index (χ0v) is 14.3. The van der Waals surface area contributed by atoms with E-state index in [9.17, 15) is 4.79 Å². The van der Waals surface area contributed by atoms with Crippen molar-refractivity contribution in [3.05, 3.63) is 65.6 Å². The van der Waals surface area contributed by atoms with Gasteiger partial charge < -0.3 is 5.32 Å². The van der Waals surface area contributed by atoms with Gasteiger partial charge in [0.2, 0.25) is 0 Å². The van der Waals surface area contributed by atoms with Crippen molar-refractivity contribution in [2.75, 3.05) is 0 Å². The Morgan fingerprint density at radius 1 is 1.20 bits per heavy atom. The fourth-order valence-corrected chi connectivity index (χ4v) is 3.50. The number of nitrogens with zero attached hydrogens (tertiary/aromatic N) is 4. The number of nitrogens with one attached hydrogen (secondary N) is 1. The zero-order chi connectivity index (χ0) is 17.2. The molecular weight excluding hydrogens is 334 g/mol. The highest BCUT2D eigenvalue weighted by atomic mass is 32.1. The highest BCUT2D eigenvalue weighted by molar-refractivity contribution is 7.20. The number of aromatic nitrogens is 4. The van der Waals surface area contributed by atoms with Crippen LogP contribution in [0.1, 0.15) is 15.5 Å². The molecule has 0 radical (unpaired) electrons. The van der Waals surface area contributed by atoms with Gasteiger partial charge in [0.1, 0.15) is 0 Å². The van der Waals surface area contributed by atoms with Crippen molar-refractivity contribution in [3.8, 4) is 11.3 Å². The Hall–Kier alpha value is -3.06. The van der Waals surface area contributed by atoms with E-state index in [0.717, 1.165) is 27.2 Å². The molecule has 4 aromatic rings. The van der Waals surface area contributed by atoms with E-state index in [1.165, 1.54) is 11.3 Å². The molecule has 25 heavy (non-hydrogen) atoms. The average Bonchev–Trinajstić information content (AvgIpc) is 3.24. The van der Waals surface area contributed by atoms with E-state index >= 15 is 0 Å². The molecule has 0 aliphatic rings. The van der Waals surface area contributed by atoms with Crippen molar-refractivity contribution in [3.63, 3.8) is 0 Å². The quantitative estimate of drug-likeness (QED) is 0.615. The van der Waals surface area contributed by atoms with Gasteiger partial charge in [0.15, 0.2) is 5.01 Å². The molecule has 0 spiro atoms. The molecule has 3 aromatic heterocycles. The number of fused-ring (bicyclic) bond motifs is 1. The Labute approximate surface area is 148 Å². The second-order valence-electron chi connectivity index (χ2n) is 5.55. The van der Waals surface area contributed by atoms with E-state index < -0.39 is 0 Å². The van der Waals surface area contributed by atoms with E-state index in [1.807, 2.05) is 49.5 Å². The van der Waals surface area contributed by atoms with E-state index in [4.69, 9.17) is 0 Å². The number of pyridine rings is 1. The highest BCUT2D eigenvalue weighted by Crippen LogP contribution is 2.22. The predicted molar refractivity (Wildman–Crippen MR) is 97.2 cm³/mol. The summed E-state index contributed by atoms with van der Waals surface area (Å²) in [5, 5.41) is 7.81. The normalized spacial score (nSPS) is 10.9. The molecule has 3 heterocycles. The molecule has 0 saturated carbocycles. The number of hydrogen-bond acceptors (Lipinski definition) is 5. The first kappa shape index (κ1) is 15.5. The van der Waals surface area contributed by atoms with Gasteiger partial charge in [-0.2, -0.15) is 5.10 Å². The third-order valence-electron chi connectivity index (χ3n) is 3.82. The Morgan fingerprint density at radius 3 is 2.80 bits per heavy atom. The molecule has 0 saturated heterocycles. The first-order valence-corrected chi connectivity index (χ1v) is 8.59. The summed E-state index contributed by atoms with van der Waals surface area (Å²) < 4.78 is 2.81. The van der Waals surface area contributed by atoms with E-state index in [1.54, 1.807) is 17.1 Å². The summed E-state index contributed by atoms with van der Waals surface area (Å²) in [5.74, 6) is -0.183. The summed E-state index contributed by atoms with van der Waals surface area (Å²) >= 11 is 1.39. The van der Waals surface area contributed by atoms with Gasteiger partial charge in [-0.1, -0.05) is 12.1 Å². The van der Waals surface area contributed by atoms with Crippen molar-refractivity contribution in [1.82, 2.24) is 25.1 Å². The maximum absolute atomic E-state index is 12.3. The van der Waals surface area contributed by atoms with E-state index in [-0.39, 0.29) is 5.91 Å². The van der Waals surface area contributed by atoms with Crippen LogP contribution in [0, 0.1) is 0 Å². The van der Waals surface area contributed by atoms with Crippen LogP contribution < -0.4 is 5.32 Å². The fourth-order valence-electron chi connectivity index (χ4n) is 2.62. The summed E-state index contributed by atoms with van der Waals surface area (Å²) in [6.07, 6.45) is 3.49. The van der Waals surface area contributed by atoms with Crippen LogP contribution in [0.2, 0.25) is 0 Å². The minimum atomic E-state index is -0.183. The van der Waals surface area contributed by atoms with Gasteiger partial charge in [-0.25, -0.2) is 4.98 Å². The molecule has 6 nitrogen and oxygen atoms in total. The first-order valence-electron chi connectivity index (χ1n) is 7.78. The molecule has 1 aromatic carbocycles. The Kier molecular flexibility index (Phi) is 3.99. The van der Waals surface area contributed by atoms with Crippen molar-refractivity contribution in [2.24, 2.45) is 7.05 Å². The number of thiazole rings is 1. The fraction of sp³-hybridized carbons (Fsp3) is 0.111. The van der Waals surface area contributed by atoms with Crippen LogP contribution in [0.3, 0.4) is 0 Å². The van der Waals surface area contributed by atoms with Crippen molar-refractivity contribution in [2.45, 2.75) is 6.54 Å². The average molecular weight is 349 g/mol. The lowest BCUT2D eigenvalue weighted by Gasteiger charge is -1.99. The van der Waals surface area contributed by atoms with Crippen LogP contribution in [0.25, 0.3) is 21.5 Å². The van der Waals surface area contributed by atoms with Gasteiger partial charge in [-0.05, 0) is 30.3 Å². The van der Waals surface area contributed by atoms with Crippen LogP contribution in [-0.2, 0) is 13.6 Å². The number of carbonyl (C=O) groups is 1. The van der Waals surface area contributed by atoms with Gasteiger partial charge in [-0.15, -0.1) is 11.3 Å². The Balaban J connectivity index is 1.49. The summed E-state index contributed by atoms with van der Waals surface area (Å²) in [6, 6.07) is 13.6. The molecule has 7 heteroatoms. The third-order valence-corrected chi connectivity index (χ3v) is 4.86. The summed E-state index contributed by atoms with van der Waals surface area (Å²) in [6.45, 7) is 0.355. The number of hydrogen-bond donors (Lipinski definition) is 1. The molecule has 0 aliphatic carbocycles. The molecule has 124 valence electrons. The largest absolute Gasteiger partial charge is 0.344 e. The van der Waals surface area contributed by atoms with Crippen LogP contribution >= 0.6 is 11.3 Å². The second kappa shape index (κ2) is 6.45. The molecule has 0 fully saturated rings. The summed E-state index contributed by atoms with van der Waals surface area (Å²) in [7, 11) is 1.88. The van der Waals surface area contributed by atoms with Crippen LogP contribution in [0.15, 0.2) is 54.9 Å². The minimum Gasteiger partial charge on any atom is -0.344 e. The van der Waals surface area contributed by atoms with E-state index in [2.05, 4.69) is 20.4 Å². The van der Waals surface area contributed by atoms with Crippen LogP contribution in [-0.4, -0.2) is 25.7 Å². The van der Waals surface area contributed by atoms with Crippen molar-refractivity contribution < 1.29 is 4.79 Å². The third kappa shape index (κ3) is 3.14. The number of benzene rings is 1. The number of amides is 1. The van der Waals surface area contributed by atoms with Crippen molar-refractivity contribution >= 4 is 27.5 Å². The number of para-hydroxylation sites is 1. The van der Waals surface area contributed by atoms with Crippen LogP contribution in [0.5, 0.6) is 0 Å². The zero-order valence-electron chi connectivity index (χ0n) is 13.5. The molecule has 4 rings (SSSR count). The van der Waals surface area contributed by atoms with Gasteiger partial charge in [0, 0.05) is 25.0 Å². The molecule has 0 bridgehead atoms. The van der Waals surface area contributed by atoms with Gasteiger partial charge in [0.25, 0.3) is 5.91 Å². The molecule has 1 N–H and O–H groups in total. The summed E-state index contributed by atoms with van der Waals surface area (Å²) in [5.41, 5.74) is 3.65. The van der Waals surface area contributed by atoms with Gasteiger partial charge in [0.05, 0.1) is 28.1 Å². The lowest BCUT2D eigenvalue weighted by molar-refractivity contribution is 0.0950. The Morgan fingerprint density at radius 2 is 2.00 bits per heavy atom. The summed E-state index contributed by atoms with van der Waals surface area (Å²) in [4.78, 5) is 20.7. The number of rotatable bonds is 4. The molecule has 1 amide bonds. The molecule has 0 atom stereocenters. The number of aryl methyl sites for hydroxylation is 1. The van der Waals surface area contributed by atoms with Crippen molar-refractivity contribution in [1.29, 1.82) is 0 Å². The topological polar surface area (TPSA) is 72.7 Å². The van der Waals surface area contributed by atoms with Gasteiger partial charge in [-0.3, -0.25) is 14.5 Å². The minimum absolute atomic E-state index is 0.183. The lowest BCUT2D eigenvalue weighted by Crippen LogP contribution is -2.22. The first-order chi connectivity index (χ1) is 12.2. The monoisotopic (exact) mass is 349 g/mol. The second-order valence-corrected chi connectivity index (χ2v) is 6.58. The lowest BCUT2D eigenvalue weighted by atomic mass is 10.2. The maximum atomic E-state index is 12.3. The Bertz CT molecular complexity index is 1010. The molecular formula is C18H15N5OS. The molecule has 0 aliphatic heterocycles. The molecule has 0 unspecified atom stereocenters. The maximum Gasteiger partial charge on any atom is 0.280 e. The highest BCUT2D eigenvalue weighted by Gasteiger charge is 2.13. The number of carbonyl (C=O) groups excluding carboxylic acids is 1. The standard InChI is InChI=1S/C18H15N5OS/c1-23-15(12-6-8-19-9-7-12)10-13(22-23)11-20-17(24)18-21-14-4-2-3-5-16(14)25-18/h2-10H,11H2,1H3,(H,20,24). The van der Waals surface area contributed by atoms with Gasteiger partial charge >= 0.3 is 0 Å².